The van der Waals surface area contributed by atoms with E-state index in [4.69, 9.17) is 0 Å². The maximum absolute atomic E-state index is 3.45. The predicted octanol–water partition coefficient (Wildman–Crippen LogP) is 2.03. The van der Waals surface area contributed by atoms with Crippen molar-refractivity contribution < 1.29 is 0 Å². The fraction of sp³-hybridized carbons (Fsp3) is 0.833. The van der Waals surface area contributed by atoms with Crippen molar-refractivity contribution in [2.24, 2.45) is 0 Å². The van der Waals surface area contributed by atoms with Crippen molar-refractivity contribution in [2.45, 2.75) is 39.2 Å². The van der Waals surface area contributed by atoms with Gasteiger partial charge in [-0.1, -0.05) is 11.6 Å². The minimum absolute atomic E-state index is 0.778. The van der Waals surface area contributed by atoms with Crippen LogP contribution in [-0.4, -0.2) is 37.6 Å². The zero-order valence-corrected chi connectivity index (χ0v) is 9.84. The average molecular weight is 196 g/mol. The molecule has 1 atom stereocenters. The Morgan fingerprint density at radius 2 is 2.14 bits per heavy atom. The highest BCUT2D eigenvalue weighted by molar-refractivity contribution is 4.95. The second-order valence-corrected chi connectivity index (χ2v) is 4.56. The van der Waals surface area contributed by atoms with Crippen molar-refractivity contribution in [1.29, 1.82) is 0 Å². The van der Waals surface area contributed by atoms with Gasteiger partial charge in [-0.05, 0) is 53.2 Å². The second-order valence-electron chi connectivity index (χ2n) is 4.56. The molecule has 0 aromatic heterocycles. The smallest absolute Gasteiger partial charge is 0.0165 e. The molecule has 1 N–H and O–H groups in total. The van der Waals surface area contributed by atoms with Gasteiger partial charge >= 0.3 is 0 Å². The third-order valence-corrected chi connectivity index (χ3v) is 2.96. The molecule has 0 bridgehead atoms. The Morgan fingerprint density at radius 1 is 1.36 bits per heavy atom. The molecule has 2 nitrogen and oxygen atoms in total. The van der Waals surface area contributed by atoms with Crippen LogP contribution >= 0.6 is 0 Å². The Balaban J connectivity index is 2.34. The molecular formula is C12H24N2. The number of nitrogens with zero attached hydrogens (tertiary/aromatic N) is 1. The van der Waals surface area contributed by atoms with Crippen LogP contribution in [-0.2, 0) is 0 Å². The maximum atomic E-state index is 3.45. The molecule has 1 aliphatic heterocycles. The Morgan fingerprint density at radius 3 is 2.86 bits per heavy atom. The molecule has 0 aromatic rings. The fourth-order valence-corrected chi connectivity index (χ4v) is 1.92. The van der Waals surface area contributed by atoms with Crippen molar-refractivity contribution in [1.82, 2.24) is 10.2 Å². The summed E-state index contributed by atoms with van der Waals surface area (Å²) < 4.78 is 0. The second kappa shape index (κ2) is 6.20. The summed E-state index contributed by atoms with van der Waals surface area (Å²) in [5.74, 6) is 0. The van der Waals surface area contributed by atoms with E-state index in [1.54, 1.807) is 0 Å². The van der Waals surface area contributed by atoms with E-state index in [2.05, 4.69) is 37.2 Å². The summed E-state index contributed by atoms with van der Waals surface area (Å²) >= 11 is 0. The van der Waals surface area contributed by atoms with Crippen molar-refractivity contribution in [3.05, 3.63) is 11.6 Å². The van der Waals surface area contributed by atoms with Crippen LogP contribution < -0.4 is 5.32 Å². The van der Waals surface area contributed by atoms with E-state index in [-0.39, 0.29) is 0 Å². The third kappa shape index (κ3) is 4.25. The molecule has 1 saturated heterocycles. The Hall–Kier alpha value is -0.340. The van der Waals surface area contributed by atoms with E-state index in [1.807, 2.05) is 0 Å². The van der Waals surface area contributed by atoms with E-state index >= 15 is 0 Å². The molecule has 0 aromatic carbocycles. The molecular weight excluding hydrogens is 172 g/mol. The van der Waals surface area contributed by atoms with Gasteiger partial charge in [0, 0.05) is 12.6 Å². The number of nitrogens with one attached hydrogen (secondary N) is 1. The Bertz CT molecular complexity index is 175. The number of likely N-dealkylation sites (N-methyl/N-ethyl adjacent to an activating group) is 1. The van der Waals surface area contributed by atoms with E-state index in [1.165, 1.54) is 37.9 Å². The topological polar surface area (TPSA) is 15.3 Å². The zero-order chi connectivity index (χ0) is 10.4. The highest BCUT2D eigenvalue weighted by Crippen LogP contribution is 2.11. The van der Waals surface area contributed by atoms with Gasteiger partial charge in [-0.15, -0.1) is 0 Å². The molecule has 14 heavy (non-hydrogen) atoms. The summed E-state index contributed by atoms with van der Waals surface area (Å²) in [6, 6.07) is 0.778. The lowest BCUT2D eigenvalue weighted by Gasteiger charge is -2.25. The number of hydrogen-bond donors (Lipinski definition) is 1. The van der Waals surface area contributed by atoms with Gasteiger partial charge in [-0.2, -0.15) is 0 Å². The maximum Gasteiger partial charge on any atom is 0.0165 e. The van der Waals surface area contributed by atoms with Crippen LogP contribution in [0.25, 0.3) is 0 Å². The summed E-state index contributed by atoms with van der Waals surface area (Å²) in [6.45, 7) is 7.83. The van der Waals surface area contributed by atoms with E-state index in [0.717, 1.165) is 12.6 Å². The van der Waals surface area contributed by atoms with Crippen LogP contribution in [0, 0.1) is 0 Å². The molecule has 82 valence electrons. The molecule has 1 fully saturated rings. The van der Waals surface area contributed by atoms with Crippen LogP contribution in [0.4, 0.5) is 0 Å². The summed E-state index contributed by atoms with van der Waals surface area (Å²) in [4.78, 5) is 2.49. The van der Waals surface area contributed by atoms with Gasteiger partial charge in [0.15, 0.2) is 0 Å². The highest BCUT2D eigenvalue weighted by Gasteiger charge is 2.15. The number of hydrogen-bond acceptors (Lipinski definition) is 2. The summed E-state index contributed by atoms with van der Waals surface area (Å²) in [6.07, 6.45) is 6.29. The van der Waals surface area contributed by atoms with Crippen LogP contribution in [0.3, 0.4) is 0 Å². The molecule has 1 heterocycles. The first-order chi connectivity index (χ1) is 6.70. The lowest BCUT2D eigenvalue weighted by atomic mass is 10.1. The molecule has 0 aliphatic carbocycles. The van der Waals surface area contributed by atoms with E-state index in [0.29, 0.717) is 0 Å². The standard InChI is InChI=1S/C12H24N2/c1-11(2)7-10-14(3)12-5-4-8-13-9-6-12/h7,12-13H,4-6,8-10H2,1-3H3. The fourth-order valence-electron chi connectivity index (χ4n) is 1.92. The quantitative estimate of drug-likeness (QED) is 0.695. The first-order valence-electron chi connectivity index (χ1n) is 5.74. The van der Waals surface area contributed by atoms with Gasteiger partial charge in [0.2, 0.25) is 0 Å². The molecule has 2 heteroatoms. The molecule has 0 amide bonds. The lowest BCUT2D eigenvalue weighted by molar-refractivity contribution is 0.246. The molecule has 0 radical (unpaired) electrons. The predicted molar refractivity (Wildman–Crippen MR) is 62.6 cm³/mol. The summed E-state index contributed by atoms with van der Waals surface area (Å²) in [5, 5.41) is 3.45. The number of allylic oxidation sites excluding steroid dienone is 1. The largest absolute Gasteiger partial charge is 0.317 e. The summed E-state index contributed by atoms with van der Waals surface area (Å²) in [7, 11) is 2.25. The number of rotatable bonds is 3. The average Bonchev–Trinajstić information content (AvgIpc) is 2.42. The summed E-state index contributed by atoms with van der Waals surface area (Å²) in [5.41, 5.74) is 1.42. The molecule has 1 aliphatic rings. The van der Waals surface area contributed by atoms with Crippen molar-refractivity contribution in [2.75, 3.05) is 26.7 Å². The SMILES string of the molecule is CC(C)=CCN(C)C1CCCNCC1. The van der Waals surface area contributed by atoms with E-state index in [9.17, 15) is 0 Å². The van der Waals surface area contributed by atoms with Gasteiger partial charge in [-0.3, -0.25) is 4.90 Å². The molecule has 0 spiro atoms. The van der Waals surface area contributed by atoms with Gasteiger partial charge in [0.1, 0.15) is 0 Å². The van der Waals surface area contributed by atoms with Crippen LogP contribution in [0.15, 0.2) is 11.6 Å². The monoisotopic (exact) mass is 196 g/mol. The molecule has 1 rings (SSSR count). The van der Waals surface area contributed by atoms with Gasteiger partial charge < -0.3 is 5.32 Å². The molecule has 0 saturated carbocycles. The van der Waals surface area contributed by atoms with Crippen molar-refractivity contribution >= 4 is 0 Å². The minimum atomic E-state index is 0.778. The normalized spacial score (nSPS) is 23.3. The zero-order valence-electron chi connectivity index (χ0n) is 9.84. The van der Waals surface area contributed by atoms with Crippen molar-refractivity contribution in [3.63, 3.8) is 0 Å². The van der Waals surface area contributed by atoms with Crippen LogP contribution in [0.2, 0.25) is 0 Å². The first-order valence-corrected chi connectivity index (χ1v) is 5.74. The highest BCUT2D eigenvalue weighted by atomic mass is 15.1. The first kappa shape index (κ1) is 11.7. The van der Waals surface area contributed by atoms with E-state index < -0.39 is 0 Å². The van der Waals surface area contributed by atoms with Crippen molar-refractivity contribution in [3.8, 4) is 0 Å². The Kier molecular flexibility index (Phi) is 5.20. The van der Waals surface area contributed by atoms with Gasteiger partial charge in [0.25, 0.3) is 0 Å². The van der Waals surface area contributed by atoms with Crippen LogP contribution in [0.1, 0.15) is 33.1 Å². The molecule has 1 unspecified atom stereocenters. The lowest BCUT2D eigenvalue weighted by Crippen LogP contribution is -2.32. The third-order valence-electron chi connectivity index (χ3n) is 2.96. The van der Waals surface area contributed by atoms with Crippen LogP contribution in [0.5, 0.6) is 0 Å². The Labute approximate surface area is 88.4 Å². The van der Waals surface area contributed by atoms with Gasteiger partial charge in [0.05, 0.1) is 0 Å². The minimum Gasteiger partial charge on any atom is -0.317 e. The van der Waals surface area contributed by atoms with Gasteiger partial charge in [-0.25, -0.2) is 0 Å².